The number of rotatable bonds is 2. The van der Waals surface area contributed by atoms with Crippen molar-refractivity contribution in [3.63, 3.8) is 0 Å². The fourth-order valence-electron chi connectivity index (χ4n) is 2.16. The van der Waals surface area contributed by atoms with Gasteiger partial charge < -0.3 is 19.8 Å². The lowest BCUT2D eigenvalue weighted by Gasteiger charge is -2.36. The van der Waals surface area contributed by atoms with E-state index in [1.807, 2.05) is 0 Å². The summed E-state index contributed by atoms with van der Waals surface area (Å²) < 4.78 is 18.6. The van der Waals surface area contributed by atoms with Crippen molar-refractivity contribution in [3.8, 4) is 5.75 Å². The number of halogens is 1. The number of nitrogens with zero attached hydrogens (tertiary/aromatic N) is 1. The molecule has 1 saturated heterocycles. The number of phenolic OH excluding ortho intramolecular Hbond substituents is 1. The van der Waals surface area contributed by atoms with Gasteiger partial charge >= 0.3 is 0 Å². The monoisotopic (exact) mass is 269 g/mol. The first-order valence-corrected chi connectivity index (χ1v) is 6.05. The Labute approximate surface area is 110 Å². The summed E-state index contributed by atoms with van der Waals surface area (Å²) in [5, 5.41) is 18.7. The van der Waals surface area contributed by atoms with Gasteiger partial charge in [-0.2, -0.15) is 0 Å². The van der Waals surface area contributed by atoms with Crippen LogP contribution in [-0.2, 0) is 4.74 Å². The number of carbonyl (C=O) groups is 1. The van der Waals surface area contributed by atoms with Gasteiger partial charge in [0.1, 0.15) is 11.6 Å². The predicted molar refractivity (Wildman–Crippen MR) is 65.4 cm³/mol. The highest BCUT2D eigenvalue weighted by molar-refractivity contribution is 5.96. The number of aliphatic hydroxyl groups is 1. The zero-order chi connectivity index (χ0) is 14.0. The van der Waals surface area contributed by atoms with Crippen molar-refractivity contribution in [2.75, 3.05) is 19.7 Å². The number of phenols is 1. The summed E-state index contributed by atoms with van der Waals surface area (Å²) in [7, 11) is 0. The van der Waals surface area contributed by atoms with Crippen molar-refractivity contribution >= 4 is 5.91 Å². The lowest BCUT2D eigenvalue weighted by Crippen LogP contribution is -2.50. The van der Waals surface area contributed by atoms with Crippen LogP contribution in [0.5, 0.6) is 5.75 Å². The molecule has 2 rings (SSSR count). The highest BCUT2D eigenvalue weighted by Crippen LogP contribution is 2.22. The molecule has 6 heteroatoms. The maximum atomic E-state index is 13.1. The second kappa shape index (κ2) is 5.54. The molecular weight excluding hydrogens is 253 g/mol. The molecule has 1 amide bonds. The van der Waals surface area contributed by atoms with E-state index in [1.54, 1.807) is 6.92 Å². The molecule has 0 aromatic heterocycles. The molecule has 0 saturated carbocycles. The number of hydrogen-bond acceptors (Lipinski definition) is 4. The third kappa shape index (κ3) is 3.02. The fraction of sp³-hybridized carbons (Fsp3) is 0.462. The highest BCUT2D eigenvalue weighted by Gasteiger charge is 2.29. The van der Waals surface area contributed by atoms with Gasteiger partial charge in [-0.25, -0.2) is 4.39 Å². The molecule has 104 valence electrons. The van der Waals surface area contributed by atoms with Gasteiger partial charge in [-0.3, -0.25) is 4.79 Å². The average molecular weight is 269 g/mol. The summed E-state index contributed by atoms with van der Waals surface area (Å²) in [6, 6.07) is 3.24. The third-order valence-corrected chi connectivity index (χ3v) is 3.01. The smallest absolute Gasteiger partial charge is 0.257 e. The predicted octanol–water partition coefficient (Wildman–Crippen LogP) is 0.753. The van der Waals surface area contributed by atoms with Crippen LogP contribution >= 0.6 is 0 Å². The topological polar surface area (TPSA) is 70.0 Å². The molecule has 1 heterocycles. The zero-order valence-corrected chi connectivity index (χ0v) is 10.5. The molecule has 1 aromatic carbocycles. The summed E-state index contributed by atoms with van der Waals surface area (Å²) >= 11 is 0. The number of benzene rings is 1. The first-order chi connectivity index (χ1) is 9.01. The molecule has 2 N–H and O–H groups in total. The molecular formula is C13H16FNO4. The normalized spacial score (nSPS) is 23.4. The molecule has 0 bridgehead atoms. The van der Waals surface area contributed by atoms with Crippen molar-refractivity contribution in [1.82, 2.24) is 4.90 Å². The lowest BCUT2D eigenvalue weighted by molar-refractivity contribution is -0.0859. The molecule has 0 aliphatic carbocycles. The Morgan fingerprint density at radius 3 is 2.95 bits per heavy atom. The second-order valence-electron chi connectivity index (χ2n) is 4.62. The van der Waals surface area contributed by atoms with Crippen LogP contribution in [0, 0.1) is 5.82 Å². The van der Waals surface area contributed by atoms with Crippen molar-refractivity contribution in [3.05, 3.63) is 29.6 Å². The minimum absolute atomic E-state index is 0.0780. The number of hydrogen-bond donors (Lipinski definition) is 2. The summed E-state index contributed by atoms with van der Waals surface area (Å²) in [4.78, 5) is 13.7. The van der Waals surface area contributed by atoms with Gasteiger partial charge in [-0.15, -0.1) is 0 Å². The van der Waals surface area contributed by atoms with E-state index in [0.717, 1.165) is 18.2 Å². The molecule has 19 heavy (non-hydrogen) atoms. The summed E-state index contributed by atoms with van der Waals surface area (Å²) in [5.41, 5.74) is -0.0780. The van der Waals surface area contributed by atoms with Gasteiger partial charge in [0.15, 0.2) is 0 Å². The summed E-state index contributed by atoms with van der Waals surface area (Å²) in [6.45, 7) is 2.15. The van der Waals surface area contributed by atoms with E-state index in [9.17, 15) is 14.3 Å². The van der Waals surface area contributed by atoms with Gasteiger partial charge in [0.25, 0.3) is 5.91 Å². The molecule has 5 nitrogen and oxygen atoms in total. The molecule has 1 aromatic rings. The Bertz CT molecular complexity index is 480. The van der Waals surface area contributed by atoms with Crippen LogP contribution in [0.4, 0.5) is 4.39 Å². The van der Waals surface area contributed by atoms with E-state index >= 15 is 0 Å². The Balaban J connectivity index is 2.21. The minimum atomic E-state index is -0.582. The van der Waals surface area contributed by atoms with E-state index in [4.69, 9.17) is 9.84 Å². The number of ether oxygens (including phenoxy) is 1. The summed E-state index contributed by atoms with van der Waals surface area (Å²) in [6.07, 6.45) is -0.672. The van der Waals surface area contributed by atoms with E-state index < -0.39 is 17.8 Å². The van der Waals surface area contributed by atoms with Gasteiger partial charge in [-0.1, -0.05) is 0 Å². The van der Waals surface area contributed by atoms with E-state index in [2.05, 4.69) is 0 Å². The average Bonchev–Trinajstić information content (AvgIpc) is 2.40. The van der Waals surface area contributed by atoms with Crippen LogP contribution in [0.15, 0.2) is 18.2 Å². The van der Waals surface area contributed by atoms with Crippen LogP contribution in [0.2, 0.25) is 0 Å². The number of carbonyl (C=O) groups excluding carboxylic acids is 1. The molecule has 2 unspecified atom stereocenters. The Morgan fingerprint density at radius 2 is 2.26 bits per heavy atom. The number of aromatic hydroxyl groups is 1. The van der Waals surface area contributed by atoms with Gasteiger partial charge in [0.05, 0.1) is 24.4 Å². The Hall–Kier alpha value is -1.66. The number of amides is 1. The van der Waals surface area contributed by atoms with Crippen molar-refractivity contribution in [2.45, 2.75) is 19.1 Å². The van der Waals surface area contributed by atoms with Crippen LogP contribution in [0.25, 0.3) is 0 Å². The van der Waals surface area contributed by atoms with Crippen LogP contribution in [-0.4, -0.2) is 52.9 Å². The number of morpholine rings is 1. The molecule has 2 atom stereocenters. The second-order valence-corrected chi connectivity index (χ2v) is 4.62. The van der Waals surface area contributed by atoms with Crippen molar-refractivity contribution < 1.29 is 24.1 Å². The molecule has 1 fully saturated rings. The molecule has 0 radical (unpaired) electrons. The number of aliphatic hydroxyl groups excluding tert-OH is 1. The molecule has 1 aliphatic heterocycles. The van der Waals surface area contributed by atoms with E-state index in [-0.39, 0.29) is 30.6 Å². The Morgan fingerprint density at radius 1 is 1.53 bits per heavy atom. The molecule has 1 aliphatic rings. The molecule has 0 spiro atoms. The van der Waals surface area contributed by atoms with Crippen molar-refractivity contribution in [2.24, 2.45) is 0 Å². The highest BCUT2D eigenvalue weighted by atomic mass is 19.1. The standard InChI is InChI=1S/C13H16FNO4/c1-8-5-15(6-10(7-16)19-8)13(18)11-4-9(14)2-3-12(11)17/h2-4,8,10,16-17H,5-7H2,1H3. The first kappa shape index (κ1) is 13.8. The van der Waals surface area contributed by atoms with Gasteiger partial charge in [0.2, 0.25) is 0 Å². The SMILES string of the molecule is CC1CN(C(=O)c2cc(F)ccc2O)CC(CO)O1. The fourth-order valence-corrected chi connectivity index (χ4v) is 2.16. The maximum absolute atomic E-state index is 13.1. The van der Waals surface area contributed by atoms with Gasteiger partial charge in [-0.05, 0) is 25.1 Å². The largest absolute Gasteiger partial charge is 0.507 e. The zero-order valence-electron chi connectivity index (χ0n) is 10.5. The van der Waals surface area contributed by atoms with Crippen LogP contribution in [0.3, 0.4) is 0 Å². The first-order valence-electron chi connectivity index (χ1n) is 6.05. The third-order valence-electron chi connectivity index (χ3n) is 3.01. The van der Waals surface area contributed by atoms with Crippen LogP contribution in [0.1, 0.15) is 17.3 Å². The van der Waals surface area contributed by atoms with E-state index in [1.165, 1.54) is 4.90 Å². The minimum Gasteiger partial charge on any atom is -0.507 e. The Kier molecular flexibility index (Phi) is 4.01. The lowest BCUT2D eigenvalue weighted by atomic mass is 10.1. The summed E-state index contributed by atoms with van der Waals surface area (Å²) in [5.74, 6) is -1.31. The quantitative estimate of drug-likeness (QED) is 0.831. The maximum Gasteiger partial charge on any atom is 0.257 e. The van der Waals surface area contributed by atoms with Gasteiger partial charge in [0, 0.05) is 13.1 Å². The van der Waals surface area contributed by atoms with Crippen LogP contribution < -0.4 is 0 Å². The van der Waals surface area contributed by atoms with E-state index in [0.29, 0.717) is 6.54 Å². The van der Waals surface area contributed by atoms with Crippen molar-refractivity contribution in [1.29, 1.82) is 0 Å².